The van der Waals surface area contributed by atoms with Gasteiger partial charge in [0.15, 0.2) is 0 Å². The number of carbonyl (C=O) groups is 1. The van der Waals surface area contributed by atoms with Crippen molar-refractivity contribution in [2.24, 2.45) is 10.8 Å². The quantitative estimate of drug-likeness (QED) is 0.668. The number of carboxylic acid groups (broad SMARTS) is 1. The van der Waals surface area contributed by atoms with Gasteiger partial charge in [-0.15, -0.1) is 0 Å². The predicted molar refractivity (Wildman–Crippen MR) is 32.4 cm³/mol. The SMILES string of the molecule is O=C(O)C12CC(C(F)F)(C1)C2. The van der Waals surface area contributed by atoms with Gasteiger partial charge in [-0.1, -0.05) is 0 Å². The zero-order valence-corrected chi connectivity index (χ0v) is 5.81. The Morgan fingerprint density at radius 3 is 2.09 bits per heavy atom. The van der Waals surface area contributed by atoms with E-state index in [1.807, 2.05) is 0 Å². The van der Waals surface area contributed by atoms with E-state index < -0.39 is 23.2 Å². The monoisotopic (exact) mass is 162 g/mol. The van der Waals surface area contributed by atoms with Crippen molar-refractivity contribution in [3.05, 3.63) is 0 Å². The largest absolute Gasteiger partial charge is 0.481 e. The molecule has 2 nitrogen and oxygen atoms in total. The number of rotatable bonds is 2. The van der Waals surface area contributed by atoms with E-state index >= 15 is 0 Å². The van der Waals surface area contributed by atoms with Gasteiger partial charge in [0.2, 0.25) is 6.43 Å². The van der Waals surface area contributed by atoms with E-state index in [0.717, 1.165) is 0 Å². The summed E-state index contributed by atoms with van der Waals surface area (Å²) in [6.07, 6.45) is -1.77. The number of alkyl halides is 2. The smallest absolute Gasteiger partial charge is 0.309 e. The molecule has 3 rings (SSSR count). The van der Waals surface area contributed by atoms with Gasteiger partial charge in [0.25, 0.3) is 0 Å². The van der Waals surface area contributed by atoms with Gasteiger partial charge in [-0.3, -0.25) is 4.79 Å². The molecule has 0 unspecified atom stereocenters. The number of hydrogen-bond acceptors (Lipinski definition) is 1. The van der Waals surface area contributed by atoms with Gasteiger partial charge in [0.1, 0.15) is 0 Å². The maximum absolute atomic E-state index is 12.1. The second-order valence-electron chi connectivity index (χ2n) is 3.78. The highest BCUT2D eigenvalue weighted by Gasteiger charge is 2.75. The van der Waals surface area contributed by atoms with E-state index in [1.54, 1.807) is 0 Å². The average Bonchev–Trinajstić information content (AvgIpc) is 1.51. The van der Waals surface area contributed by atoms with Gasteiger partial charge in [-0.2, -0.15) is 0 Å². The standard InChI is InChI=1S/C7H8F2O2/c8-4(9)6-1-7(2-6,3-6)5(10)11/h4H,1-3H2,(H,10,11). The highest BCUT2D eigenvalue weighted by atomic mass is 19.3. The lowest BCUT2D eigenvalue weighted by atomic mass is 9.35. The molecule has 62 valence electrons. The molecule has 0 atom stereocenters. The van der Waals surface area contributed by atoms with E-state index in [4.69, 9.17) is 5.11 Å². The normalized spacial score (nSPS) is 46.5. The molecule has 1 N–H and O–H groups in total. The minimum atomic E-state index is -2.33. The van der Waals surface area contributed by atoms with Crippen LogP contribution < -0.4 is 0 Å². The van der Waals surface area contributed by atoms with Gasteiger partial charge < -0.3 is 5.11 Å². The Kier molecular flexibility index (Phi) is 0.997. The first-order valence-corrected chi connectivity index (χ1v) is 3.52. The summed E-state index contributed by atoms with van der Waals surface area (Å²) < 4.78 is 24.3. The van der Waals surface area contributed by atoms with Crippen molar-refractivity contribution in [2.75, 3.05) is 0 Å². The van der Waals surface area contributed by atoms with Crippen LogP contribution in [0.3, 0.4) is 0 Å². The van der Waals surface area contributed by atoms with Crippen LogP contribution in [0.2, 0.25) is 0 Å². The van der Waals surface area contributed by atoms with Crippen LogP contribution >= 0.6 is 0 Å². The summed E-state index contributed by atoms with van der Waals surface area (Å²) in [6, 6.07) is 0. The second-order valence-corrected chi connectivity index (χ2v) is 3.78. The Hall–Kier alpha value is -0.670. The Balaban J connectivity index is 2.04. The maximum Gasteiger partial charge on any atom is 0.309 e. The third kappa shape index (κ3) is 0.583. The van der Waals surface area contributed by atoms with Crippen molar-refractivity contribution in [3.63, 3.8) is 0 Å². The van der Waals surface area contributed by atoms with Crippen molar-refractivity contribution in [2.45, 2.75) is 25.7 Å². The molecule has 0 aromatic heterocycles. The highest BCUT2D eigenvalue weighted by molar-refractivity contribution is 5.79. The molecule has 0 saturated heterocycles. The lowest BCUT2D eigenvalue weighted by Crippen LogP contribution is -2.68. The number of aliphatic carboxylic acids is 1. The summed E-state index contributed by atoms with van der Waals surface area (Å²) in [7, 11) is 0. The third-order valence-electron chi connectivity index (χ3n) is 2.99. The molecule has 0 radical (unpaired) electrons. The zero-order valence-electron chi connectivity index (χ0n) is 5.81. The Bertz CT molecular complexity index is 205. The molecule has 3 fully saturated rings. The maximum atomic E-state index is 12.1. The van der Waals surface area contributed by atoms with Gasteiger partial charge in [-0.25, -0.2) is 8.78 Å². The summed E-state index contributed by atoms with van der Waals surface area (Å²) in [4.78, 5) is 10.5. The van der Waals surface area contributed by atoms with Crippen LogP contribution in [0.25, 0.3) is 0 Å². The average molecular weight is 162 g/mol. The third-order valence-corrected chi connectivity index (χ3v) is 2.99. The Labute approximate surface area is 62.2 Å². The van der Waals surface area contributed by atoms with Crippen LogP contribution in [0.1, 0.15) is 19.3 Å². The van der Waals surface area contributed by atoms with E-state index in [9.17, 15) is 13.6 Å². The topological polar surface area (TPSA) is 37.3 Å². The fourth-order valence-corrected chi connectivity index (χ4v) is 2.32. The van der Waals surface area contributed by atoms with Crippen LogP contribution in [-0.2, 0) is 4.79 Å². The molecule has 0 heterocycles. The van der Waals surface area contributed by atoms with Crippen LogP contribution in [-0.4, -0.2) is 17.5 Å². The fourth-order valence-electron chi connectivity index (χ4n) is 2.32. The molecule has 2 bridgehead atoms. The first-order valence-electron chi connectivity index (χ1n) is 3.52. The zero-order chi connectivity index (χ0) is 8.28. The summed E-state index contributed by atoms with van der Waals surface area (Å²) in [5.41, 5.74) is -1.66. The first-order chi connectivity index (χ1) is 5.01. The second kappa shape index (κ2) is 1.57. The molecule has 3 aliphatic rings. The molecule has 0 spiro atoms. The van der Waals surface area contributed by atoms with Gasteiger partial charge >= 0.3 is 5.97 Å². The first kappa shape index (κ1) is 7.00. The predicted octanol–water partition coefficient (Wildman–Crippen LogP) is 1.51. The van der Waals surface area contributed by atoms with Crippen molar-refractivity contribution in [3.8, 4) is 0 Å². The number of carboxylic acids is 1. The molecule has 0 aromatic carbocycles. The van der Waals surface area contributed by atoms with Crippen LogP contribution in [0.4, 0.5) is 8.78 Å². The molecular weight excluding hydrogens is 154 g/mol. The van der Waals surface area contributed by atoms with E-state index in [1.165, 1.54) is 0 Å². The molecule has 0 aliphatic heterocycles. The van der Waals surface area contributed by atoms with Gasteiger partial charge in [0.05, 0.1) is 5.41 Å². The van der Waals surface area contributed by atoms with Crippen molar-refractivity contribution in [1.82, 2.24) is 0 Å². The Morgan fingerprint density at radius 1 is 1.36 bits per heavy atom. The highest BCUT2D eigenvalue weighted by Crippen LogP contribution is 2.75. The minimum absolute atomic E-state index is 0.188. The summed E-state index contributed by atoms with van der Waals surface area (Å²) >= 11 is 0. The van der Waals surface area contributed by atoms with E-state index in [0.29, 0.717) is 0 Å². The van der Waals surface area contributed by atoms with Gasteiger partial charge in [-0.05, 0) is 19.3 Å². The van der Waals surface area contributed by atoms with Crippen molar-refractivity contribution in [1.29, 1.82) is 0 Å². The molecule has 3 aliphatic carbocycles. The molecule has 0 amide bonds. The van der Waals surface area contributed by atoms with Crippen LogP contribution in [0, 0.1) is 10.8 Å². The summed E-state index contributed by atoms with van der Waals surface area (Å²) in [6.45, 7) is 0. The molecule has 3 saturated carbocycles. The summed E-state index contributed by atoms with van der Waals surface area (Å²) in [5.74, 6) is -0.903. The molecule has 11 heavy (non-hydrogen) atoms. The molecule has 4 heteroatoms. The molecular formula is C7H8F2O2. The number of hydrogen-bond donors (Lipinski definition) is 1. The van der Waals surface area contributed by atoms with Crippen molar-refractivity contribution >= 4 is 5.97 Å². The lowest BCUT2D eigenvalue weighted by Gasteiger charge is -2.67. The summed E-state index contributed by atoms with van der Waals surface area (Å²) in [5, 5.41) is 8.58. The van der Waals surface area contributed by atoms with Crippen LogP contribution in [0.15, 0.2) is 0 Å². The van der Waals surface area contributed by atoms with Crippen LogP contribution in [0.5, 0.6) is 0 Å². The van der Waals surface area contributed by atoms with Gasteiger partial charge in [0, 0.05) is 5.41 Å². The van der Waals surface area contributed by atoms with E-state index in [2.05, 4.69) is 0 Å². The fraction of sp³-hybridized carbons (Fsp3) is 0.857. The van der Waals surface area contributed by atoms with Crippen molar-refractivity contribution < 1.29 is 18.7 Å². The Morgan fingerprint density at radius 2 is 1.82 bits per heavy atom. The lowest BCUT2D eigenvalue weighted by molar-refractivity contribution is -0.265. The van der Waals surface area contributed by atoms with E-state index in [-0.39, 0.29) is 19.3 Å². The minimum Gasteiger partial charge on any atom is -0.481 e. The molecule has 0 aromatic rings. The number of halogens is 2.